The van der Waals surface area contributed by atoms with Crippen LogP contribution < -0.4 is 0 Å². The van der Waals surface area contributed by atoms with Gasteiger partial charge in [-0.25, -0.2) is 14.2 Å². The maximum absolute atomic E-state index is 13.5. The number of carbonyl (C=O) groups is 2. The summed E-state index contributed by atoms with van der Waals surface area (Å²) in [6, 6.07) is 29.8. The molecule has 1 atom stereocenters. The van der Waals surface area contributed by atoms with Gasteiger partial charge in [0.2, 0.25) is 5.91 Å². The van der Waals surface area contributed by atoms with E-state index in [0.717, 1.165) is 67.3 Å². The maximum atomic E-state index is 13.5. The zero-order valence-electron chi connectivity index (χ0n) is 40.2. The molecule has 0 bridgehead atoms. The predicted molar refractivity (Wildman–Crippen MR) is 270 cm³/mol. The highest BCUT2D eigenvalue weighted by Crippen LogP contribution is 2.40. The standard InChI is InChI=1S/C30H34N4O.C26H28N4O2.2H2/c1-19-8-7-9-20(2)28(19)34-29(24-12-13-26-23(16-24)14-15-31-26)25-17-33(18-27(25)32-34)30(35)21(3)22-10-5-4-6-11-22;1-16-7-6-8-17(2)23(16)30-24(19-9-10-21-18(13-19)11-12-27-21)20-14-29(15-22(20)28-30)25(31)32-26(3,4)5;;/h7-9,12-16,21-22,31H,4-6,10-11,17-18H2,1-3H3;6-13,27H,14-15H2,1-5H3;2*1H. The van der Waals surface area contributed by atoms with Crippen molar-refractivity contribution < 1.29 is 17.2 Å². The molecule has 11 rings (SSSR count). The van der Waals surface area contributed by atoms with Crippen LogP contribution in [-0.4, -0.2) is 56.9 Å². The molecule has 0 radical (unpaired) electrons. The number of H-pyrrole nitrogens is 2. The number of amides is 2. The van der Waals surface area contributed by atoms with Gasteiger partial charge in [0.1, 0.15) is 5.60 Å². The lowest BCUT2D eigenvalue weighted by molar-refractivity contribution is -0.137. The fraction of sp³-hybridized carbons (Fsp3) is 0.357. The quantitative estimate of drug-likeness (QED) is 0.172. The smallest absolute Gasteiger partial charge is 0.410 e. The van der Waals surface area contributed by atoms with E-state index in [-0.39, 0.29) is 14.9 Å². The normalized spacial score (nSPS) is 15.5. The largest absolute Gasteiger partial charge is 0.444 e. The predicted octanol–water partition coefficient (Wildman–Crippen LogP) is 13.1. The Morgan fingerprint density at radius 1 is 0.642 bits per heavy atom. The summed E-state index contributed by atoms with van der Waals surface area (Å²) in [6.45, 7) is 18.5. The lowest BCUT2D eigenvalue weighted by Gasteiger charge is -2.30. The summed E-state index contributed by atoms with van der Waals surface area (Å²) in [7, 11) is 0. The van der Waals surface area contributed by atoms with Crippen molar-refractivity contribution in [2.45, 2.75) is 119 Å². The molecule has 4 aromatic carbocycles. The van der Waals surface area contributed by atoms with Crippen LogP contribution in [0.25, 0.3) is 55.7 Å². The number of aromatic nitrogens is 6. The summed E-state index contributed by atoms with van der Waals surface area (Å²) in [5.41, 5.74) is 17.2. The zero-order chi connectivity index (χ0) is 46.7. The summed E-state index contributed by atoms with van der Waals surface area (Å²) >= 11 is 0. The molecule has 1 aliphatic carbocycles. The molecule has 0 saturated heterocycles. The number of aromatic amines is 2. The molecule has 3 aliphatic rings. The van der Waals surface area contributed by atoms with Crippen molar-refractivity contribution in [1.82, 2.24) is 39.3 Å². The van der Waals surface area contributed by atoms with E-state index in [0.29, 0.717) is 38.0 Å². The molecule has 8 aromatic rings. The maximum Gasteiger partial charge on any atom is 0.410 e. The zero-order valence-corrected chi connectivity index (χ0v) is 40.2. The van der Waals surface area contributed by atoms with Gasteiger partial charge in [-0.15, -0.1) is 0 Å². The Bertz CT molecular complexity index is 3140. The number of hydrogen-bond donors (Lipinski definition) is 2. The molecule has 11 heteroatoms. The van der Waals surface area contributed by atoms with Gasteiger partial charge in [0, 0.05) is 65.2 Å². The summed E-state index contributed by atoms with van der Waals surface area (Å²) in [5.74, 6) is 0.902. The third-order valence-electron chi connectivity index (χ3n) is 14.2. The number of fused-ring (bicyclic) bond motifs is 4. The highest BCUT2D eigenvalue weighted by atomic mass is 16.6. The Morgan fingerprint density at radius 3 is 1.58 bits per heavy atom. The first-order chi connectivity index (χ1) is 32.2. The third kappa shape index (κ3) is 8.34. The molecule has 1 fully saturated rings. The minimum atomic E-state index is -0.530. The molecule has 1 saturated carbocycles. The van der Waals surface area contributed by atoms with E-state index in [9.17, 15) is 9.59 Å². The minimum Gasteiger partial charge on any atom is -0.444 e. The Morgan fingerprint density at radius 2 is 1.10 bits per heavy atom. The van der Waals surface area contributed by atoms with Crippen molar-refractivity contribution in [3.8, 4) is 33.9 Å². The molecule has 67 heavy (non-hydrogen) atoms. The van der Waals surface area contributed by atoms with Gasteiger partial charge in [-0.05, 0) is 126 Å². The van der Waals surface area contributed by atoms with Crippen LogP contribution in [0.3, 0.4) is 0 Å². The van der Waals surface area contributed by atoms with Crippen molar-refractivity contribution in [3.63, 3.8) is 0 Å². The van der Waals surface area contributed by atoms with E-state index in [1.54, 1.807) is 4.90 Å². The molecule has 6 heterocycles. The van der Waals surface area contributed by atoms with E-state index < -0.39 is 5.60 Å². The molecule has 348 valence electrons. The van der Waals surface area contributed by atoms with Gasteiger partial charge in [-0.3, -0.25) is 9.69 Å². The van der Waals surface area contributed by atoms with Crippen molar-refractivity contribution >= 4 is 33.8 Å². The monoisotopic (exact) mass is 899 g/mol. The number of hydrogen-bond acceptors (Lipinski definition) is 5. The first-order valence-electron chi connectivity index (χ1n) is 24.0. The Kier molecular flexibility index (Phi) is 11.4. The molecule has 4 aromatic heterocycles. The lowest BCUT2D eigenvalue weighted by Crippen LogP contribution is -2.35. The lowest BCUT2D eigenvalue weighted by atomic mass is 9.80. The van der Waals surface area contributed by atoms with Gasteiger partial charge in [0.25, 0.3) is 0 Å². The van der Waals surface area contributed by atoms with Gasteiger partial charge in [0.15, 0.2) is 0 Å². The second-order valence-electron chi connectivity index (χ2n) is 20.1. The van der Waals surface area contributed by atoms with Crippen LogP contribution in [0.5, 0.6) is 0 Å². The van der Waals surface area contributed by atoms with Crippen LogP contribution in [0.2, 0.25) is 0 Å². The third-order valence-corrected chi connectivity index (χ3v) is 14.2. The number of rotatable bonds is 6. The van der Waals surface area contributed by atoms with Crippen molar-refractivity contribution in [3.05, 3.63) is 142 Å². The van der Waals surface area contributed by atoms with E-state index in [1.165, 1.54) is 65.3 Å². The second-order valence-corrected chi connectivity index (χ2v) is 20.1. The molecule has 0 spiro atoms. The number of nitrogens with zero attached hydrogens (tertiary/aromatic N) is 6. The first kappa shape index (κ1) is 44.0. The van der Waals surface area contributed by atoms with Crippen LogP contribution >= 0.6 is 0 Å². The van der Waals surface area contributed by atoms with Gasteiger partial charge in [-0.1, -0.05) is 74.7 Å². The topological polar surface area (TPSA) is 117 Å². The number of nitrogens with one attached hydrogen (secondary N) is 2. The summed E-state index contributed by atoms with van der Waals surface area (Å²) < 4.78 is 9.82. The van der Waals surface area contributed by atoms with E-state index in [4.69, 9.17) is 14.9 Å². The Hall–Kier alpha value is -6.88. The van der Waals surface area contributed by atoms with E-state index in [2.05, 4.69) is 139 Å². The van der Waals surface area contributed by atoms with Crippen LogP contribution in [0, 0.1) is 39.5 Å². The highest BCUT2D eigenvalue weighted by molar-refractivity contribution is 5.87. The van der Waals surface area contributed by atoms with Gasteiger partial charge < -0.3 is 19.6 Å². The number of ether oxygens (including phenoxy) is 1. The van der Waals surface area contributed by atoms with Crippen molar-refractivity contribution in [1.29, 1.82) is 0 Å². The van der Waals surface area contributed by atoms with Crippen LogP contribution in [0.4, 0.5) is 4.79 Å². The van der Waals surface area contributed by atoms with E-state index >= 15 is 0 Å². The van der Waals surface area contributed by atoms with Crippen LogP contribution in [0.1, 0.15) is 107 Å². The number of para-hydroxylation sites is 2. The Labute approximate surface area is 396 Å². The molecule has 11 nitrogen and oxygen atoms in total. The van der Waals surface area contributed by atoms with Gasteiger partial charge >= 0.3 is 6.09 Å². The van der Waals surface area contributed by atoms with Gasteiger partial charge in [0.05, 0.1) is 60.3 Å². The summed E-state index contributed by atoms with van der Waals surface area (Å²) in [5, 5.41) is 12.5. The second kappa shape index (κ2) is 17.4. The van der Waals surface area contributed by atoms with Gasteiger partial charge in [-0.2, -0.15) is 10.2 Å². The molecule has 2 amide bonds. The van der Waals surface area contributed by atoms with Crippen LogP contribution in [0.15, 0.2) is 97.3 Å². The number of benzene rings is 4. The number of aryl methyl sites for hydroxylation is 4. The Balaban J connectivity index is 0.000000182. The van der Waals surface area contributed by atoms with E-state index in [1.807, 2.05) is 38.1 Å². The van der Waals surface area contributed by atoms with Crippen molar-refractivity contribution in [2.24, 2.45) is 11.8 Å². The average Bonchev–Trinajstić information content (AvgIpc) is 4.16. The minimum absolute atomic E-state index is 0. The first-order valence-corrected chi connectivity index (χ1v) is 24.0. The molecule has 1 unspecified atom stereocenters. The average molecular weight is 899 g/mol. The highest BCUT2D eigenvalue weighted by Gasteiger charge is 2.37. The van der Waals surface area contributed by atoms with Crippen molar-refractivity contribution in [2.75, 3.05) is 0 Å². The summed E-state index contributed by atoms with van der Waals surface area (Å²) in [6.07, 6.45) is 9.84. The molecule has 2 N–H and O–H groups in total. The van der Waals surface area contributed by atoms with Crippen LogP contribution in [-0.2, 0) is 35.7 Å². The fourth-order valence-electron chi connectivity index (χ4n) is 10.8. The molecular formula is C56H66N8O3. The molecule has 2 aliphatic heterocycles. The summed E-state index contributed by atoms with van der Waals surface area (Å²) in [4.78, 5) is 36.6. The number of carbonyl (C=O) groups excluding carboxylic acids is 2. The SMILES string of the molecule is Cc1cccc(C)c1-n1nc2c(c1-c1ccc3[nH]ccc3c1)CN(C(=O)C(C)C1CCCCC1)C2.Cc1cccc(C)c1-n1nc2c(c1-c1ccc3[nH]ccc3c1)CN(C(=O)OC(C)(C)C)C2.[HH].[HH]. The molecular weight excluding hydrogens is 833 g/mol. The fourth-order valence-corrected chi connectivity index (χ4v) is 10.8.